The average Bonchev–Trinajstić information content (AvgIpc) is 3.16. The predicted molar refractivity (Wildman–Crippen MR) is 111 cm³/mol. The summed E-state index contributed by atoms with van der Waals surface area (Å²) in [5.41, 5.74) is 2.26. The van der Waals surface area contributed by atoms with Gasteiger partial charge in [0.25, 0.3) is 0 Å². The van der Waals surface area contributed by atoms with Crippen molar-refractivity contribution in [3.63, 3.8) is 0 Å². The molecule has 5 heteroatoms. The fourth-order valence-electron chi connectivity index (χ4n) is 4.37. The fourth-order valence-corrected chi connectivity index (χ4v) is 4.37. The van der Waals surface area contributed by atoms with Gasteiger partial charge in [-0.3, -0.25) is 9.59 Å². The van der Waals surface area contributed by atoms with Crippen LogP contribution in [0.4, 0.5) is 5.69 Å². The van der Waals surface area contributed by atoms with E-state index in [1.54, 1.807) is 0 Å². The number of fused-ring (bicyclic) bond motifs is 1. The molecule has 2 amide bonds. The van der Waals surface area contributed by atoms with Gasteiger partial charge in [-0.25, -0.2) is 0 Å². The SMILES string of the molecule is CCCCOCCCNC(=O)C1CCCCC1C(=O)N1CCc2ccccc21. The highest BCUT2D eigenvalue weighted by atomic mass is 16.5. The summed E-state index contributed by atoms with van der Waals surface area (Å²) < 4.78 is 5.55. The maximum absolute atomic E-state index is 13.3. The van der Waals surface area contributed by atoms with E-state index in [4.69, 9.17) is 4.74 Å². The number of carbonyl (C=O) groups is 2. The van der Waals surface area contributed by atoms with Gasteiger partial charge in [0.15, 0.2) is 0 Å². The Hall–Kier alpha value is -1.88. The summed E-state index contributed by atoms with van der Waals surface area (Å²) in [7, 11) is 0. The fraction of sp³-hybridized carbons (Fsp3) is 0.652. The Morgan fingerprint density at radius 2 is 1.86 bits per heavy atom. The number of ether oxygens (including phenoxy) is 1. The van der Waals surface area contributed by atoms with Crippen molar-refractivity contribution in [3.8, 4) is 0 Å². The third kappa shape index (κ3) is 5.13. The van der Waals surface area contributed by atoms with Gasteiger partial charge in [0.1, 0.15) is 0 Å². The summed E-state index contributed by atoms with van der Waals surface area (Å²) in [5, 5.41) is 3.05. The molecule has 1 fully saturated rings. The Bertz CT molecular complexity index is 661. The lowest BCUT2D eigenvalue weighted by molar-refractivity contribution is -0.135. The third-order valence-corrected chi connectivity index (χ3v) is 5.98. The molecular weight excluding hydrogens is 352 g/mol. The second-order valence-electron chi connectivity index (χ2n) is 7.98. The molecular formula is C23H34N2O3. The Morgan fingerprint density at radius 3 is 2.68 bits per heavy atom. The van der Waals surface area contributed by atoms with Gasteiger partial charge in [0.2, 0.25) is 11.8 Å². The Morgan fingerprint density at radius 1 is 1.11 bits per heavy atom. The number of amides is 2. The number of hydrogen-bond acceptors (Lipinski definition) is 3. The first-order valence-corrected chi connectivity index (χ1v) is 11.0. The topological polar surface area (TPSA) is 58.6 Å². The van der Waals surface area contributed by atoms with Gasteiger partial charge in [0, 0.05) is 37.9 Å². The van der Waals surface area contributed by atoms with E-state index in [0.29, 0.717) is 13.2 Å². The Kier molecular flexibility index (Phi) is 7.90. The number of anilines is 1. The van der Waals surface area contributed by atoms with Gasteiger partial charge in [0.05, 0.1) is 5.92 Å². The number of para-hydroxylation sites is 1. The molecule has 0 spiro atoms. The van der Waals surface area contributed by atoms with Crippen LogP contribution in [-0.2, 0) is 20.7 Å². The normalized spacial score (nSPS) is 21.4. The third-order valence-electron chi connectivity index (χ3n) is 5.98. The van der Waals surface area contributed by atoms with Crippen LogP contribution >= 0.6 is 0 Å². The predicted octanol–water partition coefficient (Wildman–Crippen LogP) is 3.71. The van der Waals surface area contributed by atoms with Crippen molar-refractivity contribution in [3.05, 3.63) is 29.8 Å². The van der Waals surface area contributed by atoms with E-state index in [1.807, 2.05) is 23.1 Å². The highest BCUT2D eigenvalue weighted by Crippen LogP contribution is 2.35. The van der Waals surface area contributed by atoms with Crippen molar-refractivity contribution >= 4 is 17.5 Å². The van der Waals surface area contributed by atoms with Crippen molar-refractivity contribution in [1.82, 2.24) is 5.32 Å². The number of carbonyl (C=O) groups excluding carboxylic acids is 2. The van der Waals surface area contributed by atoms with Crippen LogP contribution in [0, 0.1) is 11.8 Å². The van der Waals surface area contributed by atoms with Gasteiger partial charge in [-0.05, 0) is 43.7 Å². The maximum atomic E-state index is 13.3. The van der Waals surface area contributed by atoms with Gasteiger partial charge in [-0.1, -0.05) is 44.4 Å². The van der Waals surface area contributed by atoms with E-state index in [-0.39, 0.29) is 23.7 Å². The van der Waals surface area contributed by atoms with Crippen LogP contribution in [0.25, 0.3) is 0 Å². The van der Waals surface area contributed by atoms with Gasteiger partial charge in [-0.2, -0.15) is 0 Å². The number of rotatable bonds is 9. The Labute approximate surface area is 168 Å². The number of benzene rings is 1. The summed E-state index contributed by atoms with van der Waals surface area (Å²) in [6, 6.07) is 8.13. The minimum absolute atomic E-state index is 0.0408. The molecule has 1 aromatic carbocycles. The van der Waals surface area contributed by atoms with Crippen molar-refractivity contribution in [2.45, 2.75) is 58.3 Å². The summed E-state index contributed by atoms with van der Waals surface area (Å²) in [6.45, 7) is 4.97. The molecule has 1 heterocycles. The highest BCUT2D eigenvalue weighted by Gasteiger charge is 2.39. The van der Waals surface area contributed by atoms with Crippen LogP contribution in [0.15, 0.2) is 24.3 Å². The molecule has 2 unspecified atom stereocenters. The van der Waals surface area contributed by atoms with Crippen molar-refractivity contribution in [2.75, 3.05) is 31.2 Å². The molecule has 2 aliphatic rings. The van der Waals surface area contributed by atoms with E-state index in [1.165, 1.54) is 5.56 Å². The highest BCUT2D eigenvalue weighted by molar-refractivity contribution is 5.99. The number of nitrogens with zero attached hydrogens (tertiary/aromatic N) is 1. The summed E-state index contributed by atoms with van der Waals surface area (Å²) in [6.07, 6.45) is 7.62. The van der Waals surface area contributed by atoms with E-state index in [9.17, 15) is 9.59 Å². The van der Waals surface area contributed by atoms with Crippen molar-refractivity contribution in [1.29, 1.82) is 0 Å². The van der Waals surface area contributed by atoms with Crippen molar-refractivity contribution in [2.24, 2.45) is 11.8 Å². The van der Waals surface area contributed by atoms with Gasteiger partial charge < -0.3 is 15.0 Å². The molecule has 154 valence electrons. The maximum Gasteiger partial charge on any atom is 0.230 e. The molecule has 0 radical (unpaired) electrons. The molecule has 0 aromatic heterocycles. The van der Waals surface area contributed by atoms with E-state index in [2.05, 4.69) is 18.3 Å². The van der Waals surface area contributed by atoms with Crippen LogP contribution in [0.5, 0.6) is 0 Å². The first-order chi connectivity index (χ1) is 13.7. The average molecular weight is 387 g/mol. The lowest BCUT2D eigenvalue weighted by atomic mass is 9.77. The van der Waals surface area contributed by atoms with Crippen LogP contribution < -0.4 is 10.2 Å². The Balaban J connectivity index is 1.52. The molecule has 0 saturated heterocycles. The second kappa shape index (κ2) is 10.6. The molecule has 2 atom stereocenters. The van der Waals surface area contributed by atoms with Crippen LogP contribution in [0.1, 0.15) is 57.4 Å². The monoisotopic (exact) mass is 386 g/mol. The molecule has 1 aliphatic heterocycles. The van der Waals surface area contributed by atoms with E-state index in [0.717, 1.165) is 70.2 Å². The number of nitrogens with one attached hydrogen (secondary N) is 1. The van der Waals surface area contributed by atoms with Gasteiger partial charge >= 0.3 is 0 Å². The minimum Gasteiger partial charge on any atom is -0.381 e. The number of unbranched alkanes of at least 4 members (excludes halogenated alkanes) is 1. The smallest absolute Gasteiger partial charge is 0.230 e. The summed E-state index contributed by atoms with van der Waals surface area (Å²) >= 11 is 0. The summed E-state index contributed by atoms with van der Waals surface area (Å²) in [4.78, 5) is 28.0. The zero-order valence-electron chi connectivity index (χ0n) is 17.1. The first kappa shape index (κ1) is 20.8. The molecule has 1 aliphatic carbocycles. The largest absolute Gasteiger partial charge is 0.381 e. The molecule has 0 bridgehead atoms. The molecule has 5 nitrogen and oxygen atoms in total. The number of hydrogen-bond donors (Lipinski definition) is 1. The zero-order chi connectivity index (χ0) is 19.8. The lowest BCUT2D eigenvalue weighted by Crippen LogP contribution is -2.45. The van der Waals surface area contributed by atoms with Gasteiger partial charge in [-0.15, -0.1) is 0 Å². The zero-order valence-corrected chi connectivity index (χ0v) is 17.1. The van der Waals surface area contributed by atoms with Crippen LogP contribution in [0.3, 0.4) is 0 Å². The van der Waals surface area contributed by atoms with Crippen LogP contribution in [0.2, 0.25) is 0 Å². The lowest BCUT2D eigenvalue weighted by Gasteiger charge is -2.32. The molecule has 1 saturated carbocycles. The molecule has 28 heavy (non-hydrogen) atoms. The van der Waals surface area contributed by atoms with Crippen molar-refractivity contribution < 1.29 is 14.3 Å². The van der Waals surface area contributed by atoms with E-state index >= 15 is 0 Å². The molecule has 1 N–H and O–H groups in total. The molecule has 1 aromatic rings. The minimum atomic E-state index is -0.199. The first-order valence-electron chi connectivity index (χ1n) is 11.0. The standard InChI is InChI=1S/C23H34N2O3/c1-2-3-16-28-17-8-14-24-22(26)19-10-5-6-11-20(19)23(27)25-15-13-18-9-4-7-12-21(18)25/h4,7,9,12,19-20H,2-3,5-6,8,10-11,13-17H2,1H3,(H,24,26). The summed E-state index contributed by atoms with van der Waals surface area (Å²) in [5.74, 6) is -0.220. The van der Waals surface area contributed by atoms with Crippen LogP contribution in [-0.4, -0.2) is 38.1 Å². The quantitative estimate of drug-likeness (QED) is 0.658. The molecule has 3 rings (SSSR count). The van der Waals surface area contributed by atoms with E-state index < -0.39 is 0 Å². The second-order valence-corrected chi connectivity index (χ2v) is 7.98.